The molecule has 0 bridgehead atoms. The van der Waals surface area contributed by atoms with Gasteiger partial charge in [0.2, 0.25) is 0 Å². The summed E-state index contributed by atoms with van der Waals surface area (Å²) < 4.78 is 0. The lowest BCUT2D eigenvalue weighted by Crippen LogP contribution is -2.46. The van der Waals surface area contributed by atoms with Crippen molar-refractivity contribution in [3.8, 4) is 0 Å². The van der Waals surface area contributed by atoms with Crippen LogP contribution in [0, 0.1) is 0 Å². The van der Waals surface area contributed by atoms with Gasteiger partial charge in [-0.15, -0.1) is 0 Å². The monoisotopic (exact) mass is 424 g/mol. The highest BCUT2D eigenvalue weighted by Gasteiger charge is 2.16. The number of unbranched alkanes of at least 4 members (excludes halogenated alkanes) is 1. The number of hydrogen-bond donors (Lipinski definition) is 1. The van der Waals surface area contributed by atoms with Gasteiger partial charge in [0.1, 0.15) is 0 Å². The quantitative estimate of drug-likeness (QED) is 0.303. The smallest absolute Gasteiger partial charge is 0.0730 e. The third-order valence-corrected chi connectivity index (χ3v) is 6.50. The highest BCUT2D eigenvalue weighted by Crippen LogP contribution is 2.30. The average molecular weight is 425 g/mol. The zero-order valence-corrected chi connectivity index (χ0v) is 18.7. The minimum absolute atomic E-state index is 0.992. The minimum atomic E-state index is 0.992. The number of pyridine rings is 1. The molecular formula is C28H32N4. The van der Waals surface area contributed by atoms with E-state index in [-0.39, 0.29) is 0 Å². The molecular weight excluding hydrogens is 392 g/mol. The SMILES string of the molecule is c1ccc(CN2CCN(CCCCNc3c4ccccc4nc4ccccc34)CC2)cc1. The first-order valence-corrected chi connectivity index (χ1v) is 11.9. The lowest BCUT2D eigenvalue weighted by molar-refractivity contribution is 0.126. The molecule has 1 aromatic heterocycles. The number of aromatic nitrogens is 1. The Bertz CT molecular complexity index is 1100. The molecule has 1 aliphatic heterocycles. The summed E-state index contributed by atoms with van der Waals surface area (Å²) in [6.07, 6.45) is 2.40. The fraction of sp³-hybridized carbons (Fsp3) is 0.321. The molecule has 0 aliphatic carbocycles. The molecule has 4 heteroatoms. The second-order valence-electron chi connectivity index (χ2n) is 8.76. The van der Waals surface area contributed by atoms with Crippen LogP contribution in [0.5, 0.6) is 0 Å². The molecule has 0 radical (unpaired) electrons. The van der Waals surface area contributed by atoms with Crippen molar-refractivity contribution >= 4 is 27.5 Å². The average Bonchev–Trinajstić information content (AvgIpc) is 2.85. The van der Waals surface area contributed by atoms with E-state index in [1.165, 1.54) is 67.6 Å². The van der Waals surface area contributed by atoms with Crippen molar-refractivity contribution in [2.24, 2.45) is 0 Å². The minimum Gasteiger partial charge on any atom is -0.384 e. The topological polar surface area (TPSA) is 31.4 Å². The lowest BCUT2D eigenvalue weighted by atomic mass is 10.1. The molecule has 164 valence electrons. The van der Waals surface area contributed by atoms with E-state index in [0.29, 0.717) is 0 Å². The summed E-state index contributed by atoms with van der Waals surface area (Å²) in [6.45, 7) is 7.96. The van der Waals surface area contributed by atoms with Crippen molar-refractivity contribution in [3.63, 3.8) is 0 Å². The molecule has 0 amide bonds. The van der Waals surface area contributed by atoms with Crippen LogP contribution in [0.15, 0.2) is 78.9 Å². The van der Waals surface area contributed by atoms with E-state index >= 15 is 0 Å². The number of anilines is 1. The van der Waals surface area contributed by atoms with E-state index in [0.717, 1.165) is 24.1 Å². The van der Waals surface area contributed by atoms with E-state index in [4.69, 9.17) is 4.98 Å². The summed E-state index contributed by atoms with van der Waals surface area (Å²) >= 11 is 0. The molecule has 1 aliphatic rings. The molecule has 1 fully saturated rings. The molecule has 0 spiro atoms. The Morgan fingerprint density at radius 3 is 1.94 bits per heavy atom. The molecule has 4 nitrogen and oxygen atoms in total. The lowest BCUT2D eigenvalue weighted by Gasteiger charge is -2.34. The molecule has 0 unspecified atom stereocenters. The number of nitrogens with one attached hydrogen (secondary N) is 1. The standard InChI is InChI=1S/C28H32N4/c1-2-10-23(11-3-1)22-32-20-18-31(19-21-32)17-9-8-16-29-28-24-12-4-6-14-26(24)30-27-15-7-5-13-25(27)28/h1-7,10-15H,8-9,16-22H2,(H,29,30). The first-order chi connectivity index (χ1) is 15.9. The van der Waals surface area contributed by atoms with Crippen molar-refractivity contribution < 1.29 is 0 Å². The van der Waals surface area contributed by atoms with Crippen molar-refractivity contribution in [1.82, 2.24) is 14.8 Å². The fourth-order valence-electron chi connectivity index (χ4n) is 4.72. The van der Waals surface area contributed by atoms with Crippen LogP contribution in [0.25, 0.3) is 21.8 Å². The first kappa shape index (κ1) is 20.9. The van der Waals surface area contributed by atoms with Gasteiger partial charge in [0, 0.05) is 50.0 Å². The molecule has 32 heavy (non-hydrogen) atoms. The summed E-state index contributed by atoms with van der Waals surface area (Å²) in [4.78, 5) is 10.0. The normalized spacial score (nSPS) is 15.4. The molecule has 3 aromatic carbocycles. The molecule has 0 saturated carbocycles. The second kappa shape index (κ2) is 10.1. The van der Waals surface area contributed by atoms with Crippen LogP contribution >= 0.6 is 0 Å². The van der Waals surface area contributed by atoms with E-state index in [2.05, 4.69) is 94.0 Å². The summed E-state index contributed by atoms with van der Waals surface area (Å²) in [5, 5.41) is 6.15. The zero-order chi connectivity index (χ0) is 21.6. The van der Waals surface area contributed by atoms with Crippen LogP contribution < -0.4 is 5.32 Å². The summed E-state index contributed by atoms with van der Waals surface area (Å²) in [7, 11) is 0. The van der Waals surface area contributed by atoms with Crippen molar-refractivity contribution in [3.05, 3.63) is 84.4 Å². The van der Waals surface area contributed by atoms with Gasteiger partial charge in [-0.1, -0.05) is 66.7 Å². The van der Waals surface area contributed by atoms with Crippen LogP contribution in [0.1, 0.15) is 18.4 Å². The van der Waals surface area contributed by atoms with Gasteiger partial charge >= 0.3 is 0 Å². The van der Waals surface area contributed by atoms with Gasteiger partial charge in [-0.05, 0) is 37.1 Å². The third kappa shape index (κ3) is 4.93. The number of benzene rings is 3. The van der Waals surface area contributed by atoms with Gasteiger partial charge in [-0.2, -0.15) is 0 Å². The molecule has 1 saturated heterocycles. The highest BCUT2D eigenvalue weighted by atomic mass is 15.3. The largest absolute Gasteiger partial charge is 0.384 e. The first-order valence-electron chi connectivity index (χ1n) is 11.9. The Labute approximate surface area is 190 Å². The predicted octanol–water partition coefficient (Wildman–Crippen LogP) is 5.40. The fourth-order valence-corrected chi connectivity index (χ4v) is 4.72. The number of fused-ring (bicyclic) bond motifs is 2. The van der Waals surface area contributed by atoms with Gasteiger partial charge in [0.05, 0.1) is 16.7 Å². The summed E-state index contributed by atoms with van der Waals surface area (Å²) in [6, 6.07) is 27.7. The molecule has 0 atom stereocenters. The summed E-state index contributed by atoms with van der Waals surface area (Å²) in [5.41, 5.74) is 4.76. The predicted molar refractivity (Wildman–Crippen MR) is 135 cm³/mol. The van der Waals surface area contributed by atoms with E-state index < -0.39 is 0 Å². The van der Waals surface area contributed by atoms with Gasteiger partial charge in [0.25, 0.3) is 0 Å². The van der Waals surface area contributed by atoms with Crippen LogP contribution in [0.3, 0.4) is 0 Å². The van der Waals surface area contributed by atoms with Crippen molar-refractivity contribution in [2.75, 3.05) is 44.6 Å². The van der Waals surface area contributed by atoms with Crippen LogP contribution in [-0.2, 0) is 6.54 Å². The molecule has 5 rings (SSSR count). The number of rotatable bonds is 8. The molecule has 4 aromatic rings. The maximum absolute atomic E-state index is 4.83. The zero-order valence-electron chi connectivity index (χ0n) is 18.7. The number of hydrogen-bond acceptors (Lipinski definition) is 4. The van der Waals surface area contributed by atoms with Gasteiger partial charge in [-0.3, -0.25) is 4.90 Å². The van der Waals surface area contributed by atoms with Crippen LogP contribution in [0.4, 0.5) is 5.69 Å². The van der Waals surface area contributed by atoms with Crippen LogP contribution in [0.2, 0.25) is 0 Å². The molecule has 2 heterocycles. The van der Waals surface area contributed by atoms with Crippen molar-refractivity contribution in [1.29, 1.82) is 0 Å². The Kier molecular flexibility index (Phi) is 6.61. The maximum Gasteiger partial charge on any atom is 0.0730 e. The Balaban J connectivity index is 1.10. The number of para-hydroxylation sites is 2. The Hall–Kier alpha value is -2.95. The Morgan fingerprint density at radius 2 is 1.25 bits per heavy atom. The maximum atomic E-state index is 4.83. The Morgan fingerprint density at radius 1 is 0.656 bits per heavy atom. The summed E-state index contributed by atoms with van der Waals surface area (Å²) in [5.74, 6) is 0. The van der Waals surface area contributed by atoms with Crippen molar-refractivity contribution in [2.45, 2.75) is 19.4 Å². The van der Waals surface area contributed by atoms with Crippen LogP contribution in [-0.4, -0.2) is 54.1 Å². The highest BCUT2D eigenvalue weighted by molar-refractivity contribution is 6.07. The third-order valence-electron chi connectivity index (χ3n) is 6.50. The second-order valence-corrected chi connectivity index (χ2v) is 8.76. The molecule has 1 N–H and O–H groups in total. The van der Waals surface area contributed by atoms with E-state index in [9.17, 15) is 0 Å². The van der Waals surface area contributed by atoms with E-state index in [1.54, 1.807) is 0 Å². The van der Waals surface area contributed by atoms with E-state index in [1.807, 2.05) is 0 Å². The van der Waals surface area contributed by atoms with Gasteiger partial charge < -0.3 is 10.2 Å². The number of piperazine rings is 1. The number of nitrogens with zero attached hydrogens (tertiary/aromatic N) is 3. The van der Waals surface area contributed by atoms with Gasteiger partial charge in [0.15, 0.2) is 0 Å². The van der Waals surface area contributed by atoms with Gasteiger partial charge in [-0.25, -0.2) is 4.98 Å².